The molecule has 0 saturated heterocycles. The molecule has 0 spiro atoms. The Labute approximate surface area is 214 Å². The molecule has 2 aromatic carbocycles. The SMILES string of the molecule is CCN(CC)C(C)CNc1ccc(NCC(C)N(CC)CC)c2c1C(=O)c1c(O)ccc(O)c1C2=O. The highest BCUT2D eigenvalue weighted by molar-refractivity contribution is 6.33. The highest BCUT2D eigenvalue weighted by atomic mass is 16.3. The van der Waals surface area contributed by atoms with Gasteiger partial charge >= 0.3 is 0 Å². The van der Waals surface area contributed by atoms with Gasteiger partial charge in [0.1, 0.15) is 11.5 Å². The minimum Gasteiger partial charge on any atom is -0.507 e. The minimum atomic E-state index is -0.480. The molecule has 0 radical (unpaired) electrons. The van der Waals surface area contributed by atoms with Crippen molar-refractivity contribution in [2.75, 3.05) is 49.9 Å². The number of benzene rings is 2. The van der Waals surface area contributed by atoms with E-state index in [2.05, 4.69) is 62.0 Å². The normalized spacial score (nSPS) is 14.6. The summed E-state index contributed by atoms with van der Waals surface area (Å²) in [6.45, 7) is 17.4. The Hall–Kier alpha value is -3.10. The van der Waals surface area contributed by atoms with Crippen molar-refractivity contribution in [3.63, 3.8) is 0 Å². The molecule has 0 saturated carbocycles. The van der Waals surface area contributed by atoms with E-state index in [1.165, 1.54) is 12.1 Å². The zero-order valence-corrected chi connectivity index (χ0v) is 22.3. The lowest BCUT2D eigenvalue weighted by molar-refractivity contribution is 0.0975. The molecule has 0 fully saturated rings. The van der Waals surface area contributed by atoms with Gasteiger partial charge in [-0.05, 0) is 64.3 Å². The summed E-state index contributed by atoms with van der Waals surface area (Å²) in [4.78, 5) is 32.0. The van der Waals surface area contributed by atoms with E-state index in [0.29, 0.717) is 24.5 Å². The Morgan fingerprint density at radius 3 is 1.28 bits per heavy atom. The number of rotatable bonds is 12. The third-order valence-electron chi connectivity index (χ3n) is 7.32. The predicted octanol–water partition coefficient (Wildman–Crippen LogP) is 4.16. The summed E-state index contributed by atoms with van der Waals surface area (Å²) < 4.78 is 0. The van der Waals surface area contributed by atoms with E-state index in [1.807, 2.05) is 12.1 Å². The van der Waals surface area contributed by atoms with E-state index >= 15 is 0 Å². The predicted molar refractivity (Wildman–Crippen MR) is 145 cm³/mol. The van der Waals surface area contributed by atoms with Crippen LogP contribution in [0.3, 0.4) is 0 Å². The van der Waals surface area contributed by atoms with E-state index in [1.54, 1.807) is 0 Å². The molecule has 0 amide bonds. The molecule has 2 unspecified atom stereocenters. The van der Waals surface area contributed by atoms with Crippen LogP contribution in [0.1, 0.15) is 73.4 Å². The molecule has 1 aliphatic carbocycles. The molecule has 0 heterocycles. The molecule has 0 aromatic heterocycles. The maximum Gasteiger partial charge on any atom is 0.200 e. The number of hydrogen-bond acceptors (Lipinski definition) is 8. The van der Waals surface area contributed by atoms with E-state index < -0.39 is 11.6 Å². The van der Waals surface area contributed by atoms with E-state index in [9.17, 15) is 19.8 Å². The first kappa shape index (κ1) is 27.5. The molecule has 8 nitrogen and oxygen atoms in total. The third-order valence-corrected chi connectivity index (χ3v) is 7.32. The standard InChI is InChI=1S/C28H40N4O4/c1-7-31(8-2)17(5)15-29-19-11-12-20(30-16-18(6)32(9-3)10-4)24-23(19)27(35)25-21(33)13-14-22(34)26(25)28(24)36/h11-14,17-18,29-30,33-34H,7-10,15-16H2,1-6H3. The molecular formula is C28H40N4O4. The fourth-order valence-electron chi connectivity index (χ4n) is 5.13. The Morgan fingerprint density at radius 2 is 0.972 bits per heavy atom. The van der Waals surface area contributed by atoms with Crippen molar-refractivity contribution in [3.8, 4) is 11.5 Å². The average molecular weight is 497 g/mol. The van der Waals surface area contributed by atoms with Crippen molar-refractivity contribution in [1.82, 2.24) is 9.80 Å². The Morgan fingerprint density at radius 1 is 0.639 bits per heavy atom. The largest absolute Gasteiger partial charge is 0.507 e. The van der Waals surface area contributed by atoms with E-state index in [4.69, 9.17) is 0 Å². The Bertz CT molecular complexity index is 1020. The summed E-state index contributed by atoms with van der Waals surface area (Å²) in [5, 5.41) is 27.7. The van der Waals surface area contributed by atoms with Gasteiger partial charge in [0.15, 0.2) is 0 Å². The lowest BCUT2D eigenvalue weighted by atomic mass is 9.81. The molecule has 0 aliphatic heterocycles. The lowest BCUT2D eigenvalue weighted by Gasteiger charge is -2.30. The van der Waals surface area contributed by atoms with Crippen molar-refractivity contribution in [1.29, 1.82) is 0 Å². The van der Waals surface area contributed by atoms with Crippen LogP contribution in [-0.2, 0) is 0 Å². The number of fused-ring (bicyclic) bond motifs is 2. The Balaban J connectivity index is 2.06. The number of nitrogens with one attached hydrogen (secondary N) is 2. The second kappa shape index (κ2) is 11.8. The van der Waals surface area contributed by atoms with Crippen LogP contribution in [0, 0.1) is 0 Å². The summed E-state index contributed by atoms with van der Waals surface area (Å²) in [6.07, 6.45) is 0. The van der Waals surface area contributed by atoms with Crippen LogP contribution in [0.25, 0.3) is 0 Å². The third kappa shape index (κ3) is 5.20. The van der Waals surface area contributed by atoms with Gasteiger partial charge in [0.05, 0.1) is 22.3 Å². The number of anilines is 2. The number of aromatic hydroxyl groups is 2. The minimum absolute atomic E-state index is 0.152. The maximum absolute atomic E-state index is 13.7. The first-order chi connectivity index (χ1) is 17.2. The van der Waals surface area contributed by atoms with Crippen LogP contribution < -0.4 is 10.6 Å². The summed E-state index contributed by atoms with van der Waals surface area (Å²) in [7, 11) is 0. The summed E-state index contributed by atoms with van der Waals surface area (Å²) in [6, 6.07) is 6.54. The number of carbonyl (C=O) groups is 2. The van der Waals surface area contributed by atoms with Crippen molar-refractivity contribution in [2.24, 2.45) is 0 Å². The molecule has 2 aromatic rings. The molecule has 4 N–H and O–H groups in total. The van der Waals surface area contributed by atoms with Gasteiger partial charge in [-0.25, -0.2) is 0 Å². The van der Waals surface area contributed by atoms with Gasteiger partial charge < -0.3 is 20.8 Å². The van der Waals surface area contributed by atoms with Crippen molar-refractivity contribution >= 4 is 22.9 Å². The number of ketones is 2. The van der Waals surface area contributed by atoms with Crippen molar-refractivity contribution in [3.05, 3.63) is 46.5 Å². The van der Waals surface area contributed by atoms with Crippen LogP contribution in [-0.4, -0.2) is 82.9 Å². The summed E-state index contributed by atoms with van der Waals surface area (Å²) in [5.41, 5.74) is 1.22. The van der Waals surface area contributed by atoms with Gasteiger partial charge in [0.2, 0.25) is 11.6 Å². The van der Waals surface area contributed by atoms with Crippen LogP contribution >= 0.6 is 0 Å². The fraction of sp³-hybridized carbons (Fsp3) is 0.500. The number of likely N-dealkylation sites (N-methyl/N-ethyl adjacent to an activating group) is 2. The van der Waals surface area contributed by atoms with Gasteiger partial charge in [-0.1, -0.05) is 27.7 Å². The molecule has 3 rings (SSSR count). The van der Waals surface area contributed by atoms with Gasteiger partial charge in [-0.2, -0.15) is 0 Å². The van der Waals surface area contributed by atoms with Gasteiger partial charge in [0, 0.05) is 36.5 Å². The molecule has 2 atom stereocenters. The molecule has 1 aliphatic rings. The highest BCUT2D eigenvalue weighted by Crippen LogP contribution is 2.42. The smallest absolute Gasteiger partial charge is 0.200 e. The van der Waals surface area contributed by atoms with Crippen LogP contribution in [0.15, 0.2) is 24.3 Å². The highest BCUT2D eigenvalue weighted by Gasteiger charge is 2.38. The van der Waals surface area contributed by atoms with Gasteiger partial charge in [-0.15, -0.1) is 0 Å². The van der Waals surface area contributed by atoms with Crippen molar-refractivity contribution in [2.45, 2.75) is 53.6 Å². The summed E-state index contributed by atoms with van der Waals surface area (Å²) in [5.74, 6) is -1.59. The molecule has 36 heavy (non-hydrogen) atoms. The quantitative estimate of drug-likeness (QED) is 0.277. The molecule has 196 valence electrons. The number of hydrogen-bond donors (Lipinski definition) is 4. The summed E-state index contributed by atoms with van der Waals surface area (Å²) >= 11 is 0. The molecule has 8 heteroatoms. The number of carbonyl (C=O) groups excluding carboxylic acids is 2. The second-order valence-corrected chi connectivity index (χ2v) is 9.33. The zero-order chi connectivity index (χ0) is 26.6. The molecule has 0 bridgehead atoms. The van der Waals surface area contributed by atoms with E-state index in [0.717, 1.165) is 26.2 Å². The first-order valence-corrected chi connectivity index (χ1v) is 13.0. The number of phenolic OH excluding ortho intramolecular Hbond substituents is 2. The van der Waals surface area contributed by atoms with Crippen LogP contribution in [0.5, 0.6) is 11.5 Å². The fourth-order valence-corrected chi connectivity index (χ4v) is 5.13. The number of phenols is 2. The van der Waals surface area contributed by atoms with Crippen LogP contribution in [0.2, 0.25) is 0 Å². The van der Waals surface area contributed by atoms with Crippen molar-refractivity contribution < 1.29 is 19.8 Å². The Kier molecular flexibility index (Phi) is 8.98. The maximum atomic E-state index is 13.7. The monoisotopic (exact) mass is 496 g/mol. The average Bonchev–Trinajstić information content (AvgIpc) is 2.87. The number of nitrogens with zero attached hydrogens (tertiary/aromatic N) is 2. The van der Waals surface area contributed by atoms with Crippen LogP contribution in [0.4, 0.5) is 11.4 Å². The zero-order valence-electron chi connectivity index (χ0n) is 22.3. The van der Waals surface area contributed by atoms with Gasteiger partial charge in [0.25, 0.3) is 0 Å². The molecular weight excluding hydrogens is 456 g/mol. The first-order valence-electron chi connectivity index (χ1n) is 13.0. The van der Waals surface area contributed by atoms with Gasteiger partial charge in [-0.3, -0.25) is 19.4 Å². The van der Waals surface area contributed by atoms with E-state index in [-0.39, 0.29) is 45.8 Å². The topological polar surface area (TPSA) is 105 Å². The lowest BCUT2D eigenvalue weighted by Crippen LogP contribution is -2.38. The second-order valence-electron chi connectivity index (χ2n) is 9.33.